The first kappa shape index (κ1) is 28.4. The van der Waals surface area contributed by atoms with E-state index >= 15 is 0 Å². The van der Waals surface area contributed by atoms with E-state index in [2.05, 4.69) is 43.0 Å². The van der Waals surface area contributed by atoms with E-state index in [1.807, 2.05) is 13.8 Å². The van der Waals surface area contributed by atoms with Gasteiger partial charge >= 0.3 is 5.97 Å². The van der Waals surface area contributed by atoms with Crippen LogP contribution in [0.15, 0.2) is 58.2 Å². The highest BCUT2D eigenvalue weighted by atomic mass is 35.5. The summed E-state index contributed by atoms with van der Waals surface area (Å²) in [6, 6.07) is 2.24. The van der Waals surface area contributed by atoms with Gasteiger partial charge in [-0.05, 0) is 37.6 Å². The molecule has 2 heterocycles. The second-order valence-corrected chi connectivity index (χ2v) is 9.35. The monoisotopic (exact) mass is 545 g/mol. The van der Waals surface area contributed by atoms with Crippen molar-refractivity contribution in [3.8, 4) is 0 Å². The maximum Gasteiger partial charge on any atom is 0.305 e. The number of guanidine groups is 1. The number of aliphatic imine (C=N–C) groups is 1. The Hall–Kier alpha value is -4.19. The van der Waals surface area contributed by atoms with Gasteiger partial charge in [-0.25, -0.2) is 9.38 Å². The van der Waals surface area contributed by atoms with Crippen LogP contribution in [0.3, 0.4) is 0 Å². The Balaban J connectivity index is 1.72. The quantitative estimate of drug-likeness (QED) is 0.250. The van der Waals surface area contributed by atoms with Crippen molar-refractivity contribution in [2.75, 3.05) is 25.0 Å². The van der Waals surface area contributed by atoms with Crippen molar-refractivity contribution in [3.63, 3.8) is 0 Å². The fourth-order valence-electron chi connectivity index (χ4n) is 3.71. The van der Waals surface area contributed by atoms with Gasteiger partial charge in [0.2, 0.25) is 5.91 Å². The van der Waals surface area contributed by atoms with Crippen molar-refractivity contribution in [1.29, 1.82) is 0 Å². The summed E-state index contributed by atoms with van der Waals surface area (Å²) in [5, 5.41) is 28.0. The maximum atomic E-state index is 13.4. The molecule has 1 aromatic carbocycles. The number of benzene rings is 1. The van der Waals surface area contributed by atoms with Gasteiger partial charge in [0.25, 0.3) is 5.91 Å². The molecule has 11 nitrogen and oxygen atoms in total. The molecule has 1 aromatic heterocycles. The second-order valence-electron chi connectivity index (χ2n) is 8.86. The number of rotatable bonds is 10. The third-order valence-corrected chi connectivity index (χ3v) is 5.43. The first-order chi connectivity index (χ1) is 18.0. The van der Waals surface area contributed by atoms with Crippen molar-refractivity contribution in [1.82, 2.24) is 26.1 Å². The number of alkyl halides is 1. The number of aromatic amines is 1. The summed E-state index contributed by atoms with van der Waals surface area (Å²) in [4.78, 5) is 41.1. The molecule has 0 saturated heterocycles. The Morgan fingerprint density at radius 2 is 2.08 bits per heavy atom. The summed E-state index contributed by atoms with van der Waals surface area (Å²) in [5.74, 6) is -1.91. The molecule has 0 fully saturated rings. The summed E-state index contributed by atoms with van der Waals surface area (Å²) in [5.41, 5.74) is 2.62. The van der Waals surface area contributed by atoms with Gasteiger partial charge in [0.1, 0.15) is 6.17 Å². The molecule has 0 saturated carbocycles. The number of anilines is 1. The van der Waals surface area contributed by atoms with Crippen molar-refractivity contribution < 1.29 is 23.9 Å². The number of amides is 2. The van der Waals surface area contributed by atoms with Crippen LogP contribution in [0.2, 0.25) is 0 Å². The van der Waals surface area contributed by atoms with E-state index in [1.54, 1.807) is 24.4 Å². The number of nitrogens with zero attached hydrogens (tertiary/aromatic N) is 2. The van der Waals surface area contributed by atoms with E-state index in [-0.39, 0.29) is 23.7 Å². The van der Waals surface area contributed by atoms with Gasteiger partial charge in [-0.2, -0.15) is 5.10 Å². The number of hydrogen-bond acceptors (Lipinski definition) is 7. The number of nitrogens with one attached hydrogen (secondary N) is 5. The normalized spacial score (nSPS) is 16.1. The van der Waals surface area contributed by atoms with Crippen molar-refractivity contribution in [2.45, 2.75) is 32.5 Å². The Morgan fingerprint density at radius 3 is 2.71 bits per heavy atom. The third-order valence-electron chi connectivity index (χ3n) is 5.32. The number of carboxylic acids is 1. The lowest BCUT2D eigenvalue weighted by atomic mass is 10.0. The molecule has 2 unspecified atom stereocenters. The number of halogens is 2. The number of fused-ring (bicyclic) bond motifs is 1. The molecule has 3 rings (SSSR count). The Bertz CT molecular complexity index is 1330. The average Bonchev–Trinajstić information content (AvgIpc) is 3.31. The molecule has 13 heteroatoms. The van der Waals surface area contributed by atoms with Gasteiger partial charge in [0, 0.05) is 16.0 Å². The molecule has 0 aliphatic carbocycles. The molecule has 1 aliphatic rings. The molecule has 1 aliphatic heterocycles. The van der Waals surface area contributed by atoms with Gasteiger partial charge in [0.15, 0.2) is 5.96 Å². The van der Waals surface area contributed by atoms with E-state index in [4.69, 9.17) is 11.6 Å². The van der Waals surface area contributed by atoms with Gasteiger partial charge in [-0.15, -0.1) is 0 Å². The lowest BCUT2D eigenvalue weighted by Crippen LogP contribution is -2.43. The molecule has 0 spiro atoms. The van der Waals surface area contributed by atoms with E-state index in [1.165, 1.54) is 6.08 Å². The first-order valence-electron chi connectivity index (χ1n) is 11.7. The van der Waals surface area contributed by atoms with Crippen LogP contribution in [0.25, 0.3) is 10.9 Å². The van der Waals surface area contributed by atoms with Crippen LogP contribution < -0.4 is 21.3 Å². The van der Waals surface area contributed by atoms with E-state index in [0.29, 0.717) is 28.1 Å². The standard InChI is InChI=1S/C25H29ClFN7O4/c1-13(2)4-15(5-14(3)26)19(8-23(36)37)32-22(35)12-28-24(38)16-6-20(18-11-31-34-21(18)7-16)33-25-29-9-17(27)10-30-25/h4-7,11,17,19H,3,8-10,12H2,1-2H3,(H,28,38)(H,31,34)(H,32,35)(H,36,37)(H2,29,30,33)/b15-5+. The van der Waals surface area contributed by atoms with Crippen LogP contribution in [0, 0.1) is 0 Å². The van der Waals surface area contributed by atoms with Gasteiger partial charge < -0.3 is 26.4 Å². The van der Waals surface area contributed by atoms with E-state index < -0.39 is 43.0 Å². The molecular formula is C25H29ClFN7O4. The SMILES string of the molecule is C=C(Cl)/C=C(\C=C(C)C)C(CC(=O)O)NC(=O)CNC(=O)c1cc(NC2=NCC(F)CN2)c2cn[nH]c2c1. The van der Waals surface area contributed by atoms with Crippen molar-refractivity contribution >= 4 is 51.9 Å². The fourth-order valence-corrected chi connectivity index (χ4v) is 3.83. The van der Waals surface area contributed by atoms with E-state index in [9.17, 15) is 23.9 Å². The minimum Gasteiger partial charge on any atom is -0.481 e. The zero-order chi connectivity index (χ0) is 27.8. The van der Waals surface area contributed by atoms with Crippen LogP contribution in [-0.4, -0.2) is 70.9 Å². The van der Waals surface area contributed by atoms with Gasteiger partial charge in [-0.3, -0.25) is 19.5 Å². The number of aliphatic carboxylic acids is 1. The lowest BCUT2D eigenvalue weighted by Gasteiger charge is -2.20. The third kappa shape index (κ3) is 8.17. The number of allylic oxidation sites excluding steroid dienone is 3. The van der Waals surface area contributed by atoms with Crippen LogP contribution in [0.1, 0.15) is 30.6 Å². The highest BCUT2D eigenvalue weighted by molar-refractivity contribution is 6.30. The molecule has 202 valence electrons. The molecule has 38 heavy (non-hydrogen) atoms. The second kappa shape index (κ2) is 12.9. The topological polar surface area (TPSA) is 161 Å². The molecule has 2 amide bonds. The summed E-state index contributed by atoms with van der Waals surface area (Å²) < 4.78 is 13.4. The number of hydrogen-bond donors (Lipinski definition) is 6. The summed E-state index contributed by atoms with van der Waals surface area (Å²) >= 11 is 5.90. The first-order valence-corrected chi connectivity index (χ1v) is 12.1. The predicted octanol–water partition coefficient (Wildman–Crippen LogP) is 2.61. The maximum absolute atomic E-state index is 13.4. The number of carboxylic acid groups (broad SMARTS) is 1. The van der Waals surface area contributed by atoms with Crippen molar-refractivity contribution in [2.24, 2.45) is 4.99 Å². The molecular weight excluding hydrogens is 517 g/mol. The Kier molecular flexibility index (Phi) is 9.61. The largest absolute Gasteiger partial charge is 0.481 e. The fraction of sp³-hybridized carbons (Fsp3) is 0.320. The highest BCUT2D eigenvalue weighted by Gasteiger charge is 2.21. The molecule has 0 bridgehead atoms. The summed E-state index contributed by atoms with van der Waals surface area (Å²) in [6.07, 6.45) is 3.28. The average molecular weight is 546 g/mol. The number of carbonyl (C=O) groups is 3. The van der Waals surface area contributed by atoms with Crippen LogP contribution >= 0.6 is 11.6 Å². The minimum atomic E-state index is -1.13. The summed E-state index contributed by atoms with van der Waals surface area (Å²) in [6.45, 7) is 6.96. The number of H-pyrrole nitrogens is 1. The van der Waals surface area contributed by atoms with E-state index in [0.717, 1.165) is 5.57 Å². The smallest absolute Gasteiger partial charge is 0.305 e. The minimum absolute atomic E-state index is 0.0194. The molecule has 6 N–H and O–H groups in total. The summed E-state index contributed by atoms with van der Waals surface area (Å²) in [7, 11) is 0. The van der Waals surface area contributed by atoms with Crippen LogP contribution in [0.5, 0.6) is 0 Å². The number of carbonyl (C=O) groups excluding carboxylic acids is 2. The van der Waals surface area contributed by atoms with Crippen LogP contribution in [-0.2, 0) is 9.59 Å². The Morgan fingerprint density at radius 1 is 1.32 bits per heavy atom. The molecule has 0 radical (unpaired) electrons. The van der Waals surface area contributed by atoms with Crippen LogP contribution in [0.4, 0.5) is 10.1 Å². The number of aromatic nitrogens is 2. The predicted molar refractivity (Wildman–Crippen MR) is 144 cm³/mol. The Labute approximate surface area is 223 Å². The zero-order valence-corrected chi connectivity index (χ0v) is 21.7. The van der Waals surface area contributed by atoms with Gasteiger partial charge in [-0.1, -0.05) is 29.8 Å². The lowest BCUT2D eigenvalue weighted by molar-refractivity contribution is -0.137. The molecule has 2 aromatic rings. The molecule has 2 atom stereocenters. The van der Waals surface area contributed by atoms with Gasteiger partial charge in [0.05, 0.1) is 49.5 Å². The zero-order valence-electron chi connectivity index (χ0n) is 20.9. The highest BCUT2D eigenvalue weighted by Crippen LogP contribution is 2.24. The van der Waals surface area contributed by atoms with Crippen molar-refractivity contribution in [3.05, 3.63) is 58.8 Å².